The summed E-state index contributed by atoms with van der Waals surface area (Å²) in [6.45, 7) is 3.85. The molecule has 0 unspecified atom stereocenters. The van der Waals surface area contributed by atoms with Crippen LogP contribution in [0.1, 0.15) is 30.1 Å². The number of fused-ring (bicyclic) bond motifs is 1. The number of amides is 1. The molecule has 6 nitrogen and oxygen atoms in total. The lowest BCUT2D eigenvalue weighted by Crippen LogP contribution is -2.37. The van der Waals surface area contributed by atoms with Crippen molar-refractivity contribution in [3.63, 3.8) is 0 Å². The fraction of sp³-hybridized carbons (Fsp3) is 0.261. The van der Waals surface area contributed by atoms with Crippen LogP contribution in [0.3, 0.4) is 0 Å². The fourth-order valence-corrected chi connectivity index (χ4v) is 3.75. The Morgan fingerprint density at radius 3 is 2.14 bits per heavy atom. The summed E-state index contributed by atoms with van der Waals surface area (Å²) < 4.78 is 11.1. The van der Waals surface area contributed by atoms with Crippen LogP contribution in [0.15, 0.2) is 63.8 Å². The third-order valence-electron chi connectivity index (χ3n) is 5.49. The highest BCUT2D eigenvalue weighted by Crippen LogP contribution is 2.32. The van der Waals surface area contributed by atoms with Gasteiger partial charge in [0.2, 0.25) is 0 Å². The Hall–Kier alpha value is -3.41. The van der Waals surface area contributed by atoms with Crippen LogP contribution in [0.4, 0.5) is 0 Å². The van der Waals surface area contributed by atoms with Crippen molar-refractivity contribution in [3.8, 4) is 22.9 Å². The molecule has 1 aliphatic heterocycles. The Kier molecular flexibility index (Phi) is 4.39. The zero-order chi connectivity index (χ0) is 19.8. The van der Waals surface area contributed by atoms with Crippen molar-refractivity contribution in [1.29, 1.82) is 0 Å². The van der Waals surface area contributed by atoms with Crippen LogP contribution < -0.4 is 0 Å². The number of rotatable bonds is 3. The molecule has 0 atom stereocenters. The van der Waals surface area contributed by atoms with Gasteiger partial charge in [-0.15, -0.1) is 0 Å². The number of carbonyl (C=O) groups excluding carboxylic acids is 1. The Bertz CT molecular complexity index is 1140. The third-order valence-corrected chi connectivity index (χ3v) is 5.49. The number of piperidine rings is 1. The topological polar surface area (TPSA) is 72.4 Å². The van der Waals surface area contributed by atoms with Crippen LogP contribution in [0.5, 0.6) is 0 Å². The fourth-order valence-electron chi connectivity index (χ4n) is 3.75. The van der Waals surface area contributed by atoms with E-state index in [1.807, 2.05) is 47.4 Å². The van der Waals surface area contributed by atoms with E-state index in [9.17, 15) is 4.79 Å². The van der Waals surface area contributed by atoms with Crippen LogP contribution in [0.2, 0.25) is 0 Å². The molecule has 5 rings (SSSR count). The first-order valence-electron chi connectivity index (χ1n) is 9.88. The monoisotopic (exact) mass is 387 g/mol. The average Bonchev–Trinajstić information content (AvgIpc) is 3.46. The number of carbonyl (C=O) groups is 1. The summed E-state index contributed by atoms with van der Waals surface area (Å²) in [5, 5.41) is 0. The van der Waals surface area contributed by atoms with Crippen molar-refractivity contribution < 1.29 is 13.6 Å². The number of aromatic nitrogens is 2. The van der Waals surface area contributed by atoms with Gasteiger partial charge in [-0.05, 0) is 61.2 Å². The van der Waals surface area contributed by atoms with E-state index >= 15 is 0 Å². The number of benzene rings is 1. The van der Waals surface area contributed by atoms with Gasteiger partial charge in [-0.25, -0.2) is 9.97 Å². The predicted molar refractivity (Wildman–Crippen MR) is 109 cm³/mol. The summed E-state index contributed by atoms with van der Waals surface area (Å²) >= 11 is 0. The Labute approximate surface area is 168 Å². The third kappa shape index (κ3) is 3.31. The molecule has 1 amide bonds. The molecule has 146 valence electrons. The second-order valence-corrected chi connectivity index (χ2v) is 7.55. The SMILES string of the molecule is CC1CCN(C(=O)c2ccc3nc(-c4ccco4)c(-c4ccco4)nc3c2)CC1. The molecule has 0 radical (unpaired) electrons. The van der Waals surface area contributed by atoms with Crippen LogP contribution in [-0.4, -0.2) is 33.9 Å². The van der Waals surface area contributed by atoms with Gasteiger partial charge in [-0.1, -0.05) is 6.92 Å². The molecular weight excluding hydrogens is 366 g/mol. The molecule has 4 aromatic rings. The number of hydrogen-bond acceptors (Lipinski definition) is 5. The smallest absolute Gasteiger partial charge is 0.253 e. The van der Waals surface area contributed by atoms with Gasteiger partial charge in [0.05, 0.1) is 23.6 Å². The van der Waals surface area contributed by atoms with Crippen molar-refractivity contribution in [2.45, 2.75) is 19.8 Å². The van der Waals surface area contributed by atoms with Crippen LogP contribution >= 0.6 is 0 Å². The van der Waals surface area contributed by atoms with Gasteiger partial charge in [-0.3, -0.25) is 4.79 Å². The van der Waals surface area contributed by atoms with Gasteiger partial charge in [0.1, 0.15) is 11.4 Å². The molecule has 1 fully saturated rings. The van der Waals surface area contributed by atoms with Crippen LogP contribution in [0.25, 0.3) is 33.9 Å². The van der Waals surface area contributed by atoms with Gasteiger partial charge >= 0.3 is 0 Å². The molecule has 0 aliphatic carbocycles. The standard InChI is InChI=1S/C23H21N3O3/c1-15-8-10-26(11-9-15)23(27)16-6-7-17-18(14-16)25-22(20-5-3-13-29-20)21(24-17)19-4-2-12-28-19/h2-7,12-15H,8-11H2,1H3. The molecule has 6 heteroatoms. The maximum Gasteiger partial charge on any atom is 0.253 e. The van der Waals surface area contributed by atoms with Gasteiger partial charge in [0, 0.05) is 18.7 Å². The molecule has 0 N–H and O–H groups in total. The zero-order valence-electron chi connectivity index (χ0n) is 16.2. The van der Waals surface area contributed by atoms with E-state index in [0.717, 1.165) is 25.9 Å². The largest absolute Gasteiger partial charge is 0.463 e. The first-order valence-corrected chi connectivity index (χ1v) is 9.88. The molecule has 0 spiro atoms. The lowest BCUT2D eigenvalue weighted by Gasteiger charge is -2.30. The van der Waals surface area contributed by atoms with Crippen LogP contribution in [-0.2, 0) is 0 Å². The lowest BCUT2D eigenvalue weighted by molar-refractivity contribution is 0.0697. The Morgan fingerprint density at radius 1 is 0.931 bits per heavy atom. The minimum Gasteiger partial charge on any atom is -0.463 e. The summed E-state index contributed by atoms with van der Waals surface area (Å²) in [6.07, 6.45) is 5.31. The van der Waals surface area contributed by atoms with E-state index in [4.69, 9.17) is 18.8 Å². The van der Waals surface area contributed by atoms with E-state index < -0.39 is 0 Å². The molecule has 1 aliphatic rings. The highest BCUT2D eigenvalue weighted by Gasteiger charge is 2.23. The number of nitrogens with zero attached hydrogens (tertiary/aromatic N) is 3. The summed E-state index contributed by atoms with van der Waals surface area (Å²) in [6, 6.07) is 12.8. The van der Waals surface area contributed by atoms with E-state index in [0.29, 0.717) is 45.4 Å². The highest BCUT2D eigenvalue weighted by atomic mass is 16.3. The summed E-state index contributed by atoms with van der Waals surface area (Å²) in [5.74, 6) is 1.95. The molecule has 1 saturated heterocycles. The quantitative estimate of drug-likeness (QED) is 0.493. The molecular formula is C23H21N3O3. The second kappa shape index (κ2) is 7.20. The zero-order valence-corrected chi connectivity index (χ0v) is 16.2. The summed E-state index contributed by atoms with van der Waals surface area (Å²) in [5.41, 5.74) is 3.20. The first-order chi connectivity index (χ1) is 14.2. The average molecular weight is 387 g/mol. The normalized spacial score (nSPS) is 15.1. The van der Waals surface area contributed by atoms with Gasteiger partial charge < -0.3 is 13.7 Å². The molecule has 29 heavy (non-hydrogen) atoms. The summed E-state index contributed by atoms with van der Waals surface area (Å²) in [7, 11) is 0. The number of likely N-dealkylation sites (tertiary alicyclic amines) is 1. The second-order valence-electron chi connectivity index (χ2n) is 7.55. The van der Waals surface area contributed by atoms with Crippen molar-refractivity contribution in [1.82, 2.24) is 14.9 Å². The van der Waals surface area contributed by atoms with Gasteiger partial charge in [-0.2, -0.15) is 0 Å². The lowest BCUT2D eigenvalue weighted by atomic mass is 9.98. The molecule has 0 bridgehead atoms. The first kappa shape index (κ1) is 17.7. The van der Waals surface area contributed by atoms with Crippen molar-refractivity contribution >= 4 is 16.9 Å². The molecule has 3 aromatic heterocycles. The minimum atomic E-state index is 0.0512. The van der Waals surface area contributed by atoms with Gasteiger partial charge in [0.15, 0.2) is 11.5 Å². The maximum absolute atomic E-state index is 13.0. The van der Waals surface area contributed by atoms with Crippen molar-refractivity contribution in [3.05, 3.63) is 60.6 Å². The maximum atomic E-state index is 13.0. The number of furan rings is 2. The highest BCUT2D eigenvalue weighted by molar-refractivity contribution is 5.98. The Morgan fingerprint density at radius 2 is 1.55 bits per heavy atom. The van der Waals surface area contributed by atoms with E-state index in [-0.39, 0.29) is 5.91 Å². The van der Waals surface area contributed by atoms with E-state index in [2.05, 4.69) is 6.92 Å². The molecule has 4 heterocycles. The van der Waals surface area contributed by atoms with E-state index in [1.54, 1.807) is 12.5 Å². The van der Waals surface area contributed by atoms with Crippen LogP contribution in [0, 0.1) is 5.92 Å². The molecule has 0 saturated carbocycles. The Balaban J connectivity index is 1.57. The summed E-state index contributed by atoms with van der Waals surface area (Å²) in [4.78, 5) is 24.4. The van der Waals surface area contributed by atoms with E-state index in [1.165, 1.54) is 0 Å². The van der Waals surface area contributed by atoms with Crippen molar-refractivity contribution in [2.75, 3.05) is 13.1 Å². The minimum absolute atomic E-state index is 0.0512. The van der Waals surface area contributed by atoms with Crippen molar-refractivity contribution in [2.24, 2.45) is 5.92 Å². The number of hydrogen-bond donors (Lipinski definition) is 0. The predicted octanol–water partition coefficient (Wildman–Crippen LogP) is 5.02. The molecule has 1 aromatic carbocycles. The van der Waals surface area contributed by atoms with Gasteiger partial charge in [0.25, 0.3) is 5.91 Å².